The van der Waals surface area contributed by atoms with Crippen LogP contribution in [0.2, 0.25) is 0 Å². The lowest BCUT2D eigenvalue weighted by atomic mass is 10.2. The van der Waals surface area contributed by atoms with Crippen LogP contribution < -0.4 is 14.8 Å². The van der Waals surface area contributed by atoms with Crippen LogP contribution in [0.25, 0.3) is 10.9 Å². The van der Waals surface area contributed by atoms with Crippen molar-refractivity contribution in [2.45, 2.75) is 19.9 Å². The fourth-order valence-electron chi connectivity index (χ4n) is 2.75. The summed E-state index contributed by atoms with van der Waals surface area (Å²) >= 11 is 0. The molecule has 0 saturated carbocycles. The molecule has 0 fully saturated rings. The van der Waals surface area contributed by atoms with Gasteiger partial charge in [-0.3, -0.25) is 4.79 Å². The number of amides is 1. The number of rotatable bonds is 6. The lowest BCUT2D eigenvalue weighted by Crippen LogP contribution is -2.20. The molecule has 0 atom stereocenters. The number of anilines is 1. The van der Waals surface area contributed by atoms with E-state index in [9.17, 15) is 4.79 Å². The normalized spacial score (nSPS) is 10.9. The first-order valence-electron chi connectivity index (χ1n) is 8.24. The minimum Gasteiger partial charge on any atom is -0.497 e. The molecule has 130 valence electrons. The topological polar surface area (TPSA) is 52.5 Å². The van der Waals surface area contributed by atoms with Crippen molar-refractivity contribution >= 4 is 22.5 Å². The number of fused-ring (bicyclic) bond motifs is 1. The SMILES string of the molecule is COc1ccc(NC(=O)COc2cccc3c2ccn3C(C)C)cc1. The zero-order valence-corrected chi connectivity index (χ0v) is 14.7. The summed E-state index contributed by atoms with van der Waals surface area (Å²) in [6.45, 7) is 4.22. The highest BCUT2D eigenvalue weighted by molar-refractivity contribution is 5.92. The summed E-state index contributed by atoms with van der Waals surface area (Å²) in [5.41, 5.74) is 1.81. The molecule has 0 aliphatic heterocycles. The van der Waals surface area contributed by atoms with E-state index < -0.39 is 0 Å². The van der Waals surface area contributed by atoms with Gasteiger partial charge in [-0.25, -0.2) is 0 Å². The van der Waals surface area contributed by atoms with Crippen LogP contribution in [0.4, 0.5) is 5.69 Å². The van der Waals surface area contributed by atoms with Crippen LogP contribution in [0.1, 0.15) is 19.9 Å². The number of methoxy groups -OCH3 is 1. The Balaban J connectivity index is 1.66. The summed E-state index contributed by atoms with van der Waals surface area (Å²) in [5.74, 6) is 1.25. The van der Waals surface area contributed by atoms with Crippen LogP contribution >= 0.6 is 0 Å². The Hall–Kier alpha value is -2.95. The number of nitrogens with one attached hydrogen (secondary N) is 1. The van der Waals surface area contributed by atoms with Crippen LogP contribution in [0.15, 0.2) is 54.7 Å². The van der Waals surface area contributed by atoms with Gasteiger partial charge in [-0.15, -0.1) is 0 Å². The van der Waals surface area contributed by atoms with Crippen molar-refractivity contribution in [1.82, 2.24) is 4.57 Å². The third-order valence-corrected chi connectivity index (χ3v) is 4.01. The molecular formula is C20H22N2O3. The van der Waals surface area contributed by atoms with Gasteiger partial charge in [0.25, 0.3) is 5.91 Å². The van der Waals surface area contributed by atoms with Gasteiger partial charge in [-0.05, 0) is 56.3 Å². The fourth-order valence-corrected chi connectivity index (χ4v) is 2.75. The second-order valence-corrected chi connectivity index (χ2v) is 6.07. The van der Waals surface area contributed by atoms with Crippen molar-refractivity contribution in [2.24, 2.45) is 0 Å². The number of nitrogens with zero attached hydrogens (tertiary/aromatic N) is 1. The molecule has 0 aliphatic carbocycles. The van der Waals surface area contributed by atoms with E-state index >= 15 is 0 Å². The number of hydrogen-bond donors (Lipinski definition) is 1. The van der Waals surface area contributed by atoms with Crippen molar-refractivity contribution < 1.29 is 14.3 Å². The minimum absolute atomic E-state index is 0.0436. The van der Waals surface area contributed by atoms with Crippen LogP contribution in [-0.4, -0.2) is 24.2 Å². The van der Waals surface area contributed by atoms with Crippen molar-refractivity contribution in [2.75, 3.05) is 19.0 Å². The molecule has 25 heavy (non-hydrogen) atoms. The number of aromatic nitrogens is 1. The Morgan fingerprint density at radius 2 is 1.88 bits per heavy atom. The predicted molar refractivity (Wildman–Crippen MR) is 99.4 cm³/mol. The van der Waals surface area contributed by atoms with Crippen LogP contribution in [0, 0.1) is 0 Å². The fraction of sp³-hybridized carbons (Fsp3) is 0.250. The quantitative estimate of drug-likeness (QED) is 0.731. The standard InChI is InChI=1S/C20H22N2O3/c1-14(2)22-12-11-17-18(22)5-4-6-19(17)25-13-20(23)21-15-7-9-16(24-3)10-8-15/h4-12,14H,13H2,1-3H3,(H,21,23). The summed E-state index contributed by atoms with van der Waals surface area (Å²) < 4.78 is 13.0. The Morgan fingerprint density at radius 1 is 1.12 bits per heavy atom. The average Bonchev–Trinajstić information content (AvgIpc) is 3.05. The predicted octanol–water partition coefficient (Wildman–Crippen LogP) is 4.25. The molecule has 5 heteroatoms. The molecule has 0 saturated heterocycles. The van der Waals surface area contributed by atoms with Gasteiger partial charge in [-0.2, -0.15) is 0 Å². The molecule has 5 nitrogen and oxygen atoms in total. The molecule has 0 aliphatic rings. The molecule has 0 unspecified atom stereocenters. The van der Waals surface area contributed by atoms with Crippen molar-refractivity contribution in [3.63, 3.8) is 0 Å². The number of benzene rings is 2. The van der Waals surface area contributed by atoms with E-state index in [-0.39, 0.29) is 12.5 Å². The Morgan fingerprint density at radius 3 is 2.56 bits per heavy atom. The van der Waals surface area contributed by atoms with Crippen LogP contribution in [0.3, 0.4) is 0 Å². The third-order valence-electron chi connectivity index (χ3n) is 4.01. The molecule has 0 spiro atoms. The number of carbonyl (C=O) groups excluding carboxylic acids is 1. The number of carbonyl (C=O) groups is 1. The van der Waals surface area contributed by atoms with Crippen LogP contribution in [0.5, 0.6) is 11.5 Å². The van der Waals surface area contributed by atoms with E-state index in [1.54, 1.807) is 31.4 Å². The summed E-state index contributed by atoms with van der Waals surface area (Å²) in [7, 11) is 1.61. The Bertz CT molecular complexity index is 866. The Labute approximate surface area is 147 Å². The van der Waals surface area contributed by atoms with E-state index in [4.69, 9.17) is 9.47 Å². The lowest BCUT2D eigenvalue weighted by Gasteiger charge is -2.11. The molecular weight excluding hydrogens is 316 g/mol. The summed E-state index contributed by atoms with van der Waals surface area (Å²) in [5, 5.41) is 3.82. The minimum atomic E-state index is -0.203. The van der Waals surface area contributed by atoms with Gasteiger partial charge >= 0.3 is 0 Å². The highest BCUT2D eigenvalue weighted by Gasteiger charge is 2.10. The number of ether oxygens (including phenoxy) is 2. The highest BCUT2D eigenvalue weighted by Crippen LogP contribution is 2.28. The maximum atomic E-state index is 12.1. The van der Waals surface area contributed by atoms with Gasteiger partial charge in [0.2, 0.25) is 0 Å². The average molecular weight is 338 g/mol. The Kier molecular flexibility index (Phi) is 4.93. The van der Waals surface area contributed by atoms with E-state index in [1.807, 2.05) is 24.4 Å². The highest BCUT2D eigenvalue weighted by atomic mass is 16.5. The van der Waals surface area contributed by atoms with E-state index in [0.717, 1.165) is 16.7 Å². The first-order chi connectivity index (χ1) is 12.1. The first kappa shape index (κ1) is 16.9. The second-order valence-electron chi connectivity index (χ2n) is 6.07. The lowest BCUT2D eigenvalue weighted by molar-refractivity contribution is -0.118. The summed E-state index contributed by atoms with van der Waals surface area (Å²) in [6.07, 6.45) is 2.04. The van der Waals surface area contributed by atoms with Crippen molar-refractivity contribution in [3.05, 3.63) is 54.7 Å². The summed E-state index contributed by atoms with van der Waals surface area (Å²) in [4.78, 5) is 12.1. The van der Waals surface area contributed by atoms with Gasteiger partial charge in [0.15, 0.2) is 6.61 Å². The van der Waals surface area contributed by atoms with Crippen LogP contribution in [-0.2, 0) is 4.79 Å². The van der Waals surface area contributed by atoms with Gasteiger partial charge < -0.3 is 19.4 Å². The zero-order valence-electron chi connectivity index (χ0n) is 14.7. The molecule has 3 rings (SSSR count). The molecule has 0 bridgehead atoms. The molecule has 2 aromatic carbocycles. The second kappa shape index (κ2) is 7.30. The van der Waals surface area contributed by atoms with Crippen molar-refractivity contribution in [1.29, 1.82) is 0 Å². The summed E-state index contributed by atoms with van der Waals surface area (Å²) in [6, 6.07) is 15.4. The molecule has 1 N–H and O–H groups in total. The maximum Gasteiger partial charge on any atom is 0.262 e. The largest absolute Gasteiger partial charge is 0.497 e. The smallest absolute Gasteiger partial charge is 0.262 e. The monoisotopic (exact) mass is 338 g/mol. The zero-order chi connectivity index (χ0) is 17.8. The van der Waals surface area contributed by atoms with E-state index in [1.165, 1.54) is 0 Å². The first-order valence-corrected chi connectivity index (χ1v) is 8.24. The molecule has 3 aromatic rings. The molecule has 1 heterocycles. The maximum absolute atomic E-state index is 12.1. The van der Waals surface area contributed by atoms with Gasteiger partial charge in [0.1, 0.15) is 11.5 Å². The van der Waals surface area contributed by atoms with E-state index in [0.29, 0.717) is 17.5 Å². The van der Waals surface area contributed by atoms with Crippen molar-refractivity contribution in [3.8, 4) is 11.5 Å². The van der Waals surface area contributed by atoms with Gasteiger partial charge in [0.05, 0.1) is 12.6 Å². The molecule has 1 aromatic heterocycles. The molecule has 0 radical (unpaired) electrons. The van der Waals surface area contributed by atoms with Gasteiger partial charge in [-0.1, -0.05) is 6.07 Å². The third kappa shape index (κ3) is 3.76. The molecule has 1 amide bonds. The van der Waals surface area contributed by atoms with E-state index in [2.05, 4.69) is 29.8 Å². The van der Waals surface area contributed by atoms with Gasteiger partial charge in [0, 0.05) is 23.3 Å². The number of hydrogen-bond acceptors (Lipinski definition) is 3.